The van der Waals surface area contributed by atoms with E-state index in [2.05, 4.69) is 10.3 Å². The van der Waals surface area contributed by atoms with Gasteiger partial charge in [0, 0.05) is 17.7 Å². The highest BCUT2D eigenvalue weighted by Gasteiger charge is 2.13. The Morgan fingerprint density at radius 1 is 1.04 bits per heavy atom. The normalized spacial score (nSPS) is 10.5. The van der Waals surface area contributed by atoms with Crippen LogP contribution in [0.5, 0.6) is 17.2 Å². The van der Waals surface area contributed by atoms with Crippen LogP contribution in [0, 0.1) is 0 Å². The number of fused-ring (bicyclic) bond motifs is 1. The smallest absolute Gasteiger partial charge is 0.257 e. The molecule has 6 nitrogen and oxygen atoms in total. The molecule has 0 aliphatic heterocycles. The van der Waals surface area contributed by atoms with Crippen LogP contribution in [0.3, 0.4) is 0 Å². The summed E-state index contributed by atoms with van der Waals surface area (Å²) in [6, 6.07) is 10.6. The summed E-state index contributed by atoms with van der Waals surface area (Å²) < 4.78 is 16.6. The standard InChI is InChI=1S/C17H16N2O4S/c1-21-11-6-4-5-10(7-11)16(20)19-17-18-12-8-13(22-2)14(23-3)9-15(12)24-17/h4-9H,1-3H3,(H,18,19,20). The lowest BCUT2D eigenvalue weighted by Crippen LogP contribution is -2.11. The van der Waals surface area contributed by atoms with Crippen molar-refractivity contribution in [1.82, 2.24) is 4.98 Å². The molecule has 0 unspecified atom stereocenters. The highest BCUT2D eigenvalue weighted by atomic mass is 32.1. The van der Waals surface area contributed by atoms with Crippen molar-refractivity contribution in [3.05, 3.63) is 42.0 Å². The van der Waals surface area contributed by atoms with Gasteiger partial charge in [0.15, 0.2) is 16.6 Å². The van der Waals surface area contributed by atoms with Crippen molar-refractivity contribution in [2.75, 3.05) is 26.6 Å². The summed E-state index contributed by atoms with van der Waals surface area (Å²) in [4.78, 5) is 16.8. The van der Waals surface area contributed by atoms with Gasteiger partial charge in [-0.25, -0.2) is 4.98 Å². The highest BCUT2D eigenvalue weighted by Crippen LogP contribution is 2.36. The predicted octanol–water partition coefficient (Wildman–Crippen LogP) is 3.57. The molecule has 0 saturated carbocycles. The number of aromatic nitrogens is 1. The van der Waals surface area contributed by atoms with Gasteiger partial charge in [0.05, 0.1) is 31.5 Å². The van der Waals surface area contributed by atoms with Crippen molar-refractivity contribution in [2.24, 2.45) is 0 Å². The van der Waals surface area contributed by atoms with E-state index in [1.807, 2.05) is 6.07 Å². The second kappa shape index (κ2) is 6.76. The van der Waals surface area contributed by atoms with Crippen molar-refractivity contribution >= 4 is 32.6 Å². The van der Waals surface area contributed by atoms with Gasteiger partial charge >= 0.3 is 0 Å². The van der Waals surface area contributed by atoms with Crippen molar-refractivity contribution in [3.8, 4) is 17.2 Å². The van der Waals surface area contributed by atoms with E-state index in [0.29, 0.717) is 27.9 Å². The SMILES string of the molecule is COc1cccc(C(=O)Nc2nc3cc(OC)c(OC)cc3s2)c1. The zero-order valence-electron chi connectivity index (χ0n) is 13.5. The van der Waals surface area contributed by atoms with Gasteiger partial charge in [-0.1, -0.05) is 17.4 Å². The summed E-state index contributed by atoms with van der Waals surface area (Å²) in [5.74, 6) is 1.61. The second-order valence-electron chi connectivity index (χ2n) is 4.88. The Morgan fingerprint density at radius 2 is 1.79 bits per heavy atom. The average molecular weight is 344 g/mol. The van der Waals surface area contributed by atoms with Crippen LogP contribution < -0.4 is 19.5 Å². The third-order valence-electron chi connectivity index (χ3n) is 3.45. The number of ether oxygens (including phenoxy) is 3. The molecule has 1 aromatic heterocycles. The van der Waals surface area contributed by atoms with E-state index in [1.165, 1.54) is 11.3 Å². The third-order valence-corrected chi connectivity index (χ3v) is 4.38. The first-order valence-electron chi connectivity index (χ1n) is 7.12. The van der Waals surface area contributed by atoms with Gasteiger partial charge in [0.1, 0.15) is 5.75 Å². The van der Waals surface area contributed by atoms with Crippen molar-refractivity contribution in [1.29, 1.82) is 0 Å². The molecular formula is C17H16N2O4S. The molecule has 0 spiro atoms. The molecule has 3 aromatic rings. The van der Waals surface area contributed by atoms with Gasteiger partial charge in [-0.3, -0.25) is 10.1 Å². The van der Waals surface area contributed by atoms with Crippen LogP contribution in [0.4, 0.5) is 5.13 Å². The molecule has 3 rings (SSSR count). The summed E-state index contributed by atoms with van der Waals surface area (Å²) in [6.07, 6.45) is 0. The molecule has 24 heavy (non-hydrogen) atoms. The summed E-state index contributed by atoms with van der Waals surface area (Å²) in [5, 5.41) is 3.31. The Bertz CT molecular complexity index is 850. The van der Waals surface area contributed by atoms with E-state index in [-0.39, 0.29) is 5.91 Å². The van der Waals surface area contributed by atoms with E-state index in [0.717, 1.165) is 10.2 Å². The fraction of sp³-hybridized carbons (Fsp3) is 0.176. The molecule has 0 aliphatic carbocycles. The minimum Gasteiger partial charge on any atom is -0.497 e. The van der Waals surface area contributed by atoms with Gasteiger partial charge in [-0.05, 0) is 18.2 Å². The molecule has 0 saturated heterocycles. The summed E-state index contributed by atoms with van der Waals surface area (Å²) in [5.41, 5.74) is 1.24. The zero-order chi connectivity index (χ0) is 17.1. The Labute approximate surface area is 143 Å². The number of carbonyl (C=O) groups is 1. The van der Waals surface area contributed by atoms with E-state index >= 15 is 0 Å². The molecule has 0 radical (unpaired) electrons. The molecule has 7 heteroatoms. The number of thiazole rings is 1. The number of rotatable bonds is 5. The molecule has 0 bridgehead atoms. The van der Waals surface area contributed by atoms with Crippen molar-refractivity contribution in [3.63, 3.8) is 0 Å². The summed E-state index contributed by atoms with van der Waals surface area (Å²) in [7, 11) is 4.71. The first-order valence-corrected chi connectivity index (χ1v) is 7.94. The quantitative estimate of drug-likeness (QED) is 0.766. The maximum absolute atomic E-state index is 12.4. The van der Waals surface area contributed by atoms with E-state index in [9.17, 15) is 4.79 Å². The van der Waals surface area contributed by atoms with Gasteiger partial charge in [-0.2, -0.15) is 0 Å². The van der Waals surface area contributed by atoms with E-state index < -0.39 is 0 Å². The molecule has 1 amide bonds. The molecule has 0 aliphatic rings. The van der Waals surface area contributed by atoms with E-state index in [4.69, 9.17) is 14.2 Å². The highest BCUT2D eigenvalue weighted by molar-refractivity contribution is 7.22. The number of hydrogen-bond acceptors (Lipinski definition) is 6. The van der Waals surface area contributed by atoms with Crippen molar-refractivity contribution < 1.29 is 19.0 Å². The number of anilines is 1. The Morgan fingerprint density at radius 3 is 2.50 bits per heavy atom. The monoisotopic (exact) mass is 344 g/mol. The number of methoxy groups -OCH3 is 3. The minimum absolute atomic E-state index is 0.244. The van der Waals surface area contributed by atoms with Crippen LogP contribution in [0.15, 0.2) is 36.4 Å². The Balaban J connectivity index is 1.88. The number of nitrogens with one attached hydrogen (secondary N) is 1. The molecule has 0 fully saturated rings. The molecule has 124 valence electrons. The summed E-state index contributed by atoms with van der Waals surface area (Å²) in [6.45, 7) is 0. The molecule has 2 aromatic carbocycles. The minimum atomic E-state index is -0.244. The van der Waals surface area contributed by atoms with Crippen LogP contribution in [0.1, 0.15) is 10.4 Å². The first kappa shape index (κ1) is 16.1. The molecule has 1 N–H and O–H groups in total. The fourth-order valence-electron chi connectivity index (χ4n) is 2.24. The fourth-order valence-corrected chi connectivity index (χ4v) is 3.11. The van der Waals surface area contributed by atoms with Crippen LogP contribution >= 0.6 is 11.3 Å². The van der Waals surface area contributed by atoms with Gasteiger partial charge in [0.2, 0.25) is 0 Å². The second-order valence-corrected chi connectivity index (χ2v) is 5.91. The Kier molecular flexibility index (Phi) is 4.52. The maximum atomic E-state index is 12.4. The summed E-state index contributed by atoms with van der Waals surface area (Å²) >= 11 is 1.37. The Hall–Kier alpha value is -2.80. The topological polar surface area (TPSA) is 69.7 Å². The predicted molar refractivity (Wildman–Crippen MR) is 93.7 cm³/mol. The number of nitrogens with zero attached hydrogens (tertiary/aromatic N) is 1. The number of carbonyl (C=O) groups excluding carboxylic acids is 1. The first-order chi connectivity index (χ1) is 11.6. The number of amides is 1. The van der Waals surface area contributed by atoms with Crippen LogP contribution in [-0.2, 0) is 0 Å². The average Bonchev–Trinajstić information content (AvgIpc) is 3.01. The third kappa shape index (κ3) is 3.11. The largest absolute Gasteiger partial charge is 0.497 e. The lowest BCUT2D eigenvalue weighted by molar-refractivity contribution is 0.102. The zero-order valence-corrected chi connectivity index (χ0v) is 14.3. The number of hydrogen-bond donors (Lipinski definition) is 1. The van der Waals surface area contributed by atoms with Gasteiger partial charge < -0.3 is 14.2 Å². The number of benzene rings is 2. The molecular weight excluding hydrogens is 328 g/mol. The van der Waals surface area contributed by atoms with Gasteiger partial charge in [-0.15, -0.1) is 0 Å². The van der Waals surface area contributed by atoms with Crippen LogP contribution in [0.25, 0.3) is 10.2 Å². The molecule has 0 atom stereocenters. The maximum Gasteiger partial charge on any atom is 0.257 e. The lowest BCUT2D eigenvalue weighted by Gasteiger charge is -2.05. The van der Waals surface area contributed by atoms with Gasteiger partial charge in [0.25, 0.3) is 5.91 Å². The van der Waals surface area contributed by atoms with Crippen LogP contribution in [0.2, 0.25) is 0 Å². The van der Waals surface area contributed by atoms with Crippen LogP contribution in [-0.4, -0.2) is 32.2 Å². The lowest BCUT2D eigenvalue weighted by atomic mass is 10.2. The van der Waals surface area contributed by atoms with Crippen molar-refractivity contribution in [2.45, 2.75) is 0 Å². The van der Waals surface area contributed by atoms with E-state index in [1.54, 1.807) is 51.7 Å². The molecule has 1 heterocycles.